The molecule has 0 bridgehead atoms. The summed E-state index contributed by atoms with van der Waals surface area (Å²) in [5.74, 6) is 0.526. The lowest BCUT2D eigenvalue weighted by atomic mass is 10.3. The second-order valence-electron chi connectivity index (χ2n) is 5.66. The lowest BCUT2D eigenvalue weighted by molar-refractivity contribution is -0.118. The van der Waals surface area contributed by atoms with Crippen LogP contribution in [0.15, 0.2) is 12.3 Å². The maximum Gasteiger partial charge on any atom is 0.272 e. The topological polar surface area (TPSA) is 69.6 Å². The minimum Gasteiger partial charge on any atom is -0.342 e. The van der Waals surface area contributed by atoms with Gasteiger partial charge in [-0.3, -0.25) is 9.59 Å². The zero-order valence-electron chi connectivity index (χ0n) is 13.9. The van der Waals surface area contributed by atoms with E-state index in [9.17, 15) is 9.59 Å². The predicted molar refractivity (Wildman–Crippen MR) is 88.4 cm³/mol. The predicted octanol–water partition coefficient (Wildman–Crippen LogP) is 1.02. The van der Waals surface area contributed by atoms with Crippen LogP contribution in [-0.2, 0) is 4.79 Å². The molecule has 1 aliphatic heterocycles. The molecule has 1 saturated heterocycles. The van der Waals surface area contributed by atoms with E-state index in [0.29, 0.717) is 37.8 Å². The fourth-order valence-electron chi connectivity index (χ4n) is 2.66. The monoisotopic (exact) mass is 319 g/mol. The zero-order chi connectivity index (χ0) is 16.7. The summed E-state index contributed by atoms with van der Waals surface area (Å²) in [7, 11) is 0. The molecule has 7 heteroatoms. The lowest BCUT2D eigenvalue weighted by Crippen LogP contribution is -2.46. The van der Waals surface area contributed by atoms with Gasteiger partial charge in [0.1, 0.15) is 5.69 Å². The molecular weight excluding hydrogens is 294 g/mol. The normalized spacial score (nSPS) is 14.7. The summed E-state index contributed by atoms with van der Waals surface area (Å²) >= 11 is 0. The first-order chi connectivity index (χ1) is 11.2. The number of anilines is 1. The van der Waals surface area contributed by atoms with Gasteiger partial charge in [0.25, 0.3) is 5.91 Å². The Kier molecular flexibility index (Phi) is 6.31. The third-order valence-electron chi connectivity index (χ3n) is 3.88. The summed E-state index contributed by atoms with van der Waals surface area (Å²) in [5.41, 5.74) is 0.440. The minimum absolute atomic E-state index is 0.0381. The molecule has 0 aliphatic carbocycles. The summed E-state index contributed by atoms with van der Waals surface area (Å²) in [6.45, 7) is 8.29. The van der Waals surface area contributed by atoms with Gasteiger partial charge in [-0.05, 0) is 18.9 Å². The molecule has 2 amide bonds. The van der Waals surface area contributed by atoms with E-state index in [1.807, 2.05) is 9.80 Å². The largest absolute Gasteiger partial charge is 0.342 e. The van der Waals surface area contributed by atoms with Gasteiger partial charge in [-0.25, -0.2) is 9.97 Å². The standard InChI is InChI=1S/C16H25N5O2/c1-3-7-20(8-4-2)15(23)14-5-6-17-16(18-14)21-11-9-19(13-22)10-12-21/h5-6,13H,3-4,7-12H2,1-2H3. The van der Waals surface area contributed by atoms with Gasteiger partial charge in [-0.1, -0.05) is 13.8 Å². The molecule has 2 heterocycles. The highest BCUT2D eigenvalue weighted by Crippen LogP contribution is 2.12. The van der Waals surface area contributed by atoms with Crippen molar-refractivity contribution in [2.24, 2.45) is 0 Å². The minimum atomic E-state index is -0.0381. The van der Waals surface area contributed by atoms with Crippen LogP contribution in [0.2, 0.25) is 0 Å². The van der Waals surface area contributed by atoms with Gasteiger partial charge in [0.2, 0.25) is 12.4 Å². The number of rotatable bonds is 7. The average Bonchev–Trinajstić information content (AvgIpc) is 2.61. The van der Waals surface area contributed by atoms with Crippen LogP contribution in [0, 0.1) is 0 Å². The number of nitrogens with zero attached hydrogens (tertiary/aromatic N) is 5. The van der Waals surface area contributed by atoms with Crippen LogP contribution in [0.4, 0.5) is 5.95 Å². The van der Waals surface area contributed by atoms with Crippen LogP contribution in [0.25, 0.3) is 0 Å². The Hall–Kier alpha value is -2.18. The summed E-state index contributed by atoms with van der Waals surface area (Å²) < 4.78 is 0. The maximum atomic E-state index is 12.6. The molecule has 1 aliphatic rings. The molecule has 126 valence electrons. The summed E-state index contributed by atoms with van der Waals surface area (Å²) in [4.78, 5) is 37.7. The Morgan fingerprint density at radius 1 is 1.22 bits per heavy atom. The van der Waals surface area contributed by atoms with Crippen molar-refractivity contribution in [1.29, 1.82) is 0 Å². The molecule has 0 N–H and O–H groups in total. The molecule has 1 aromatic rings. The number of hydrogen-bond donors (Lipinski definition) is 0. The van der Waals surface area contributed by atoms with Gasteiger partial charge in [-0.15, -0.1) is 0 Å². The van der Waals surface area contributed by atoms with E-state index in [0.717, 1.165) is 32.3 Å². The van der Waals surface area contributed by atoms with Crippen molar-refractivity contribution in [3.8, 4) is 0 Å². The van der Waals surface area contributed by atoms with Crippen molar-refractivity contribution in [2.75, 3.05) is 44.2 Å². The molecule has 2 rings (SSSR count). The Bertz CT molecular complexity index is 523. The zero-order valence-corrected chi connectivity index (χ0v) is 13.9. The summed E-state index contributed by atoms with van der Waals surface area (Å²) in [6, 6.07) is 1.67. The highest BCUT2D eigenvalue weighted by molar-refractivity contribution is 5.92. The molecular formula is C16H25N5O2. The third kappa shape index (κ3) is 4.40. The van der Waals surface area contributed by atoms with E-state index in [-0.39, 0.29) is 5.91 Å². The molecule has 0 radical (unpaired) electrons. The van der Waals surface area contributed by atoms with Crippen LogP contribution in [0.5, 0.6) is 0 Å². The van der Waals surface area contributed by atoms with Gasteiger partial charge in [-0.2, -0.15) is 0 Å². The Morgan fingerprint density at radius 2 is 1.87 bits per heavy atom. The molecule has 0 saturated carbocycles. The average molecular weight is 319 g/mol. The SMILES string of the molecule is CCCN(CCC)C(=O)c1ccnc(N2CCN(C=O)CC2)n1. The molecule has 7 nitrogen and oxygen atoms in total. The van der Waals surface area contributed by atoms with Gasteiger partial charge in [0.05, 0.1) is 0 Å². The van der Waals surface area contributed by atoms with E-state index in [2.05, 4.69) is 23.8 Å². The number of carbonyl (C=O) groups is 2. The highest BCUT2D eigenvalue weighted by Gasteiger charge is 2.21. The Balaban J connectivity index is 2.09. The van der Waals surface area contributed by atoms with Crippen molar-refractivity contribution in [1.82, 2.24) is 19.8 Å². The van der Waals surface area contributed by atoms with E-state index in [1.54, 1.807) is 17.2 Å². The Labute approximate surface area is 137 Å². The van der Waals surface area contributed by atoms with E-state index >= 15 is 0 Å². The van der Waals surface area contributed by atoms with Crippen LogP contribution < -0.4 is 4.90 Å². The smallest absolute Gasteiger partial charge is 0.272 e. The van der Waals surface area contributed by atoms with Gasteiger partial charge < -0.3 is 14.7 Å². The van der Waals surface area contributed by atoms with Gasteiger partial charge in [0.15, 0.2) is 0 Å². The Morgan fingerprint density at radius 3 is 2.43 bits per heavy atom. The first-order valence-electron chi connectivity index (χ1n) is 8.26. The molecule has 0 spiro atoms. The van der Waals surface area contributed by atoms with Crippen molar-refractivity contribution in [3.05, 3.63) is 18.0 Å². The van der Waals surface area contributed by atoms with Crippen LogP contribution >= 0.6 is 0 Å². The van der Waals surface area contributed by atoms with Crippen LogP contribution in [-0.4, -0.2) is 71.4 Å². The van der Waals surface area contributed by atoms with E-state index < -0.39 is 0 Å². The number of amides is 2. The van der Waals surface area contributed by atoms with Crippen LogP contribution in [0.3, 0.4) is 0 Å². The second-order valence-corrected chi connectivity index (χ2v) is 5.66. The molecule has 1 fully saturated rings. The molecule has 0 unspecified atom stereocenters. The van der Waals surface area contributed by atoms with Crippen molar-refractivity contribution in [2.45, 2.75) is 26.7 Å². The first-order valence-corrected chi connectivity index (χ1v) is 8.26. The quantitative estimate of drug-likeness (QED) is 0.702. The summed E-state index contributed by atoms with van der Waals surface area (Å²) in [5, 5.41) is 0. The molecule has 0 atom stereocenters. The van der Waals surface area contributed by atoms with Gasteiger partial charge in [0, 0.05) is 45.5 Å². The number of hydrogen-bond acceptors (Lipinski definition) is 5. The molecule has 1 aromatic heterocycles. The molecule has 0 aromatic carbocycles. The number of piperazine rings is 1. The second kappa shape index (κ2) is 8.45. The van der Waals surface area contributed by atoms with E-state index in [1.165, 1.54) is 0 Å². The highest BCUT2D eigenvalue weighted by atomic mass is 16.2. The first kappa shape index (κ1) is 17.2. The number of aromatic nitrogens is 2. The maximum absolute atomic E-state index is 12.6. The van der Waals surface area contributed by atoms with Crippen molar-refractivity contribution in [3.63, 3.8) is 0 Å². The lowest BCUT2D eigenvalue weighted by Gasteiger charge is -2.32. The van der Waals surface area contributed by atoms with Crippen molar-refractivity contribution >= 4 is 18.3 Å². The van der Waals surface area contributed by atoms with Gasteiger partial charge >= 0.3 is 0 Å². The number of carbonyl (C=O) groups excluding carboxylic acids is 2. The van der Waals surface area contributed by atoms with Crippen LogP contribution in [0.1, 0.15) is 37.2 Å². The fraction of sp³-hybridized carbons (Fsp3) is 0.625. The molecule has 23 heavy (non-hydrogen) atoms. The van der Waals surface area contributed by atoms with E-state index in [4.69, 9.17) is 0 Å². The fourth-order valence-corrected chi connectivity index (χ4v) is 2.66. The van der Waals surface area contributed by atoms with Crippen molar-refractivity contribution < 1.29 is 9.59 Å². The summed E-state index contributed by atoms with van der Waals surface area (Å²) in [6.07, 6.45) is 4.36. The third-order valence-corrected chi connectivity index (χ3v) is 3.88.